The summed E-state index contributed by atoms with van der Waals surface area (Å²) in [6.07, 6.45) is 0. The van der Waals surface area contributed by atoms with Gasteiger partial charge in [0.05, 0.1) is 24.7 Å². The van der Waals surface area contributed by atoms with Crippen LogP contribution in [0.25, 0.3) is 83.6 Å². The Labute approximate surface area is 286 Å². The fraction of sp³-hybridized carbons (Fsp3) is 0. The van der Waals surface area contributed by atoms with Crippen LogP contribution in [0.1, 0.15) is 13.7 Å². The molecule has 0 aliphatic carbocycles. The van der Waals surface area contributed by atoms with Crippen molar-refractivity contribution in [3.63, 3.8) is 0 Å². The molecule has 0 aliphatic rings. The van der Waals surface area contributed by atoms with E-state index in [9.17, 15) is 1.37 Å². The summed E-state index contributed by atoms with van der Waals surface area (Å²) in [7, 11) is 0. The number of benzene rings is 7. The molecule has 47 heavy (non-hydrogen) atoms. The molecule has 9 aromatic rings. The van der Waals surface area contributed by atoms with Gasteiger partial charge in [-0.25, -0.2) is 15.0 Å². The van der Waals surface area contributed by atoms with Crippen molar-refractivity contribution in [3.8, 4) is 51.0 Å². The Balaban J connectivity index is 1.26. The lowest BCUT2D eigenvalue weighted by Crippen LogP contribution is -2.00. The summed E-state index contributed by atoms with van der Waals surface area (Å²) in [5.74, 6) is 1.29. The van der Waals surface area contributed by atoms with E-state index in [1.165, 1.54) is 4.57 Å². The van der Waals surface area contributed by atoms with E-state index in [0.29, 0.717) is 28.7 Å². The van der Waals surface area contributed by atoms with Crippen LogP contribution in [0.3, 0.4) is 0 Å². The highest BCUT2D eigenvalue weighted by Gasteiger charge is 2.16. The summed E-state index contributed by atoms with van der Waals surface area (Å²) in [5.41, 5.74) is 4.71. The van der Waals surface area contributed by atoms with Crippen LogP contribution in [0, 0.1) is 0 Å². The van der Waals surface area contributed by atoms with Crippen LogP contribution in [0.4, 0.5) is 0 Å². The lowest BCUT2D eigenvalue weighted by molar-refractivity contribution is 1.07. The van der Waals surface area contributed by atoms with Crippen LogP contribution in [0.5, 0.6) is 0 Å². The second-order valence-corrected chi connectivity index (χ2v) is 10.9. The second-order valence-electron chi connectivity index (χ2n) is 10.9. The molecule has 0 spiro atoms. The van der Waals surface area contributed by atoms with E-state index in [1.807, 2.05) is 84.9 Å². The normalized spacial score (nSPS) is 14.4. The van der Waals surface area contributed by atoms with Gasteiger partial charge in [-0.15, -0.1) is 0 Å². The number of rotatable bonds is 5. The molecule has 4 heteroatoms. The third-order valence-electron chi connectivity index (χ3n) is 8.15. The first-order valence-corrected chi connectivity index (χ1v) is 15.0. The van der Waals surface area contributed by atoms with Crippen molar-refractivity contribution in [2.45, 2.75) is 0 Å². The van der Waals surface area contributed by atoms with E-state index in [-0.39, 0.29) is 32.6 Å². The van der Waals surface area contributed by atoms with Gasteiger partial charge in [0, 0.05) is 33.2 Å². The lowest BCUT2D eigenvalue weighted by Gasteiger charge is -2.11. The lowest BCUT2D eigenvalue weighted by atomic mass is 10.0. The quantitative estimate of drug-likeness (QED) is 0.195. The summed E-state index contributed by atoms with van der Waals surface area (Å²) in [4.78, 5) is 14.6. The summed E-state index contributed by atoms with van der Waals surface area (Å²) in [5, 5.41) is -0.270. The van der Waals surface area contributed by atoms with Crippen LogP contribution in [-0.2, 0) is 0 Å². The van der Waals surface area contributed by atoms with Crippen LogP contribution in [0.2, 0.25) is 0 Å². The molecular weight excluding hydrogens is 573 g/mol. The van der Waals surface area contributed by atoms with E-state index in [4.69, 9.17) is 27.3 Å². The Morgan fingerprint density at radius 2 is 0.894 bits per heavy atom. The van der Waals surface area contributed by atoms with E-state index < -0.39 is 60.4 Å². The van der Waals surface area contributed by atoms with Crippen molar-refractivity contribution < 1.29 is 13.7 Å². The van der Waals surface area contributed by atoms with Gasteiger partial charge in [-0.3, -0.25) is 0 Å². The van der Waals surface area contributed by atoms with Gasteiger partial charge in [-0.1, -0.05) is 133 Å². The Morgan fingerprint density at radius 1 is 0.404 bits per heavy atom. The Bertz CT molecular complexity index is 3100. The summed E-state index contributed by atoms with van der Waals surface area (Å²) >= 11 is 0. The molecule has 0 saturated heterocycles. The number of hydrogen-bond acceptors (Lipinski definition) is 3. The monoisotopic (exact) mass is 610 g/mol. The fourth-order valence-electron chi connectivity index (χ4n) is 5.88. The van der Waals surface area contributed by atoms with Gasteiger partial charge < -0.3 is 4.57 Å². The summed E-state index contributed by atoms with van der Waals surface area (Å²) in [6.45, 7) is 0. The maximum absolute atomic E-state index is 9.18. The first-order valence-electron chi connectivity index (χ1n) is 20.0. The molecule has 0 unspecified atom stereocenters. The standard InChI is InChI=1S/C43H28N4/c1-3-11-29(12-4-1)30-19-21-33(22-20-30)42-44-41(32-14-5-2-6-15-32)45-43(46-42)34-23-26-35(27-24-34)47-38-18-10-9-17-37(38)40-36-16-8-7-13-31(36)25-28-39(40)47/h1-28H/i7D,8D,9D,10D,13D,16D,17D,18D,25D,28D. The molecule has 4 nitrogen and oxygen atoms in total. The average molecular weight is 611 g/mol. The number of para-hydroxylation sites is 1. The second kappa shape index (κ2) is 11.2. The largest absolute Gasteiger partial charge is 0.309 e. The van der Waals surface area contributed by atoms with E-state index in [2.05, 4.69) is 0 Å². The Kier molecular flexibility index (Phi) is 4.42. The van der Waals surface area contributed by atoms with Gasteiger partial charge in [0.15, 0.2) is 17.5 Å². The van der Waals surface area contributed by atoms with Gasteiger partial charge in [-0.2, -0.15) is 0 Å². The zero-order valence-corrected chi connectivity index (χ0v) is 24.7. The van der Waals surface area contributed by atoms with Gasteiger partial charge >= 0.3 is 0 Å². The first-order chi connectivity index (χ1) is 27.5. The molecule has 0 aliphatic heterocycles. The summed E-state index contributed by atoms with van der Waals surface area (Å²) in [6, 6.07) is 29.6. The molecule has 0 amide bonds. The third-order valence-corrected chi connectivity index (χ3v) is 8.15. The molecular formula is C43H28N4. The highest BCUT2D eigenvalue weighted by Crippen LogP contribution is 2.37. The molecule has 2 aromatic heterocycles. The van der Waals surface area contributed by atoms with Crippen LogP contribution in [-0.4, -0.2) is 19.5 Å². The van der Waals surface area contributed by atoms with Crippen molar-refractivity contribution in [1.82, 2.24) is 19.5 Å². The maximum atomic E-state index is 9.18. The molecule has 0 N–H and O–H groups in total. The SMILES string of the molecule is [2H]c1c([2H])c([2H])c2c(c1[2H])c([2H])c([2H])c1c2c2c([2H])c([2H])c([2H])c([2H])c2n1-c1ccc(-c2nc(-c3ccccc3)nc(-c3ccc(-c4ccccc4)cc3)n2)cc1. The number of aromatic nitrogens is 4. The maximum Gasteiger partial charge on any atom is 0.164 e. The van der Waals surface area contributed by atoms with Gasteiger partial charge in [0.1, 0.15) is 0 Å². The van der Waals surface area contributed by atoms with Crippen molar-refractivity contribution >= 4 is 32.6 Å². The molecule has 0 saturated carbocycles. The highest BCUT2D eigenvalue weighted by atomic mass is 15.0. The topological polar surface area (TPSA) is 43.6 Å². The van der Waals surface area contributed by atoms with Crippen LogP contribution >= 0.6 is 0 Å². The zero-order valence-electron chi connectivity index (χ0n) is 34.7. The minimum absolute atomic E-state index is 0.00400. The molecule has 7 aromatic carbocycles. The molecule has 9 rings (SSSR count). The highest BCUT2D eigenvalue weighted by molar-refractivity contribution is 6.21. The fourth-order valence-corrected chi connectivity index (χ4v) is 5.88. The van der Waals surface area contributed by atoms with Crippen molar-refractivity contribution in [2.75, 3.05) is 0 Å². The Morgan fingerprint density at radius 3 is 1.55 bits per heavy atom. The van der Waals surface area contributed by atoms with Crippen molar-refractivity contribution in [3.05, 3.63) is 170 Å². The predicted octanol–water partition coefficient (Wildman–Crippen LogP) is 10.8. The number of nitrogens with zero attached hydrogens (tertiary/aromatic N) is 4. The van der Waals surface area contributed by atoms with Crippen LogP contribution in [0.15, 0.2) is 170 Å². The zero-order chi connectivity index (χ0) is 39.9. The molecule has 0 radical (unpaired) electrons. The van der Waals surface area contributed by atoms with Gasteiger partial charge in [0.25, 0.3) is 0 Å². The molecule has 220 valence electrons. The average Bonchev–Trinajstić information content (AvgIpc) is 3.61. The van der Waals surface area contributed by atoms with Gasteiger partial charge in [-0.05, 0) is 58.2 Å². The van der Waals surface area contributed by atoms with Crippen molar-refractivity contribution in [2.24, 2.45) is 0 Å². The molecule has 2 heterocycles. The van der Waals surface area contributed by atoms with E-state index >= 15 is 0 Å². The Hall–Kier alpha value is -6.39. The van der Waals surface area contributed by atoms with E-state index in [1.54, 1.807) is 24.3 Å². The summed E-state index contributed by atoms with van der Waals surface area (Å²) < 4.78 is 88.8. The van der Waals surface area contributed by atoms with Gasteiger partial charge in [0.2, 0.25) is 0 Å². The predicted molar refractivity (Wildman–Crippen MR) is 193 cm³/mol. The number of hydrogen-bond donors (Lipinski definition) is 0. The van der Waals surface area contributed by atoms with Crippen molar-refractivity contribution in [1.29, 1.82) is 0 Å². The van der Waals surface area contributed by atoms with E-state index in [0.717, 1.165) is 22.3 Å². The third kappa shape index (κ3) is 4.75. The minimum Gasteiger partial charge on any atom is -0.309 e. The molecule has 0 fully saturated rings. The molecule has 0 bridgehead atoms. The van der Waals surface area contributed by atoms with Crippen LogP contribution < -0.4 is 0 Å². The smallest absolute Gasteiger partial charge is 0.164 e. The minimum atomic E-state index is -0.568. The number of fused-ring (bicyclic) bond motifs is 5. The first kappa shape index (κ1) is 18.5. The molecule has 0 atom stereocenters.